The van der Waals surface area contributed by atoms with E-state index in [-0.39, 0.29) is 17.8 Å². The van der Waals surface area contributed by atoms with Gasteiger partial charge in [0.1, 0.15) is 11.7 Å². The van der Waals surface area contributed by atoms with Crippen molar-refractivity contribution in [3.05, 3.63) is 65.5 Å². The molecule has 1 fully saturated rings. The second-order valence-corrected chi connectivity index (χ2v) is 6.57. The number of halogens is 1. The van der Waals surface area contributed by atoms with Crippen LogP contribution in [0.3, 0.4) is 0 Å². The van der Waals surface area contributed by atoms with Gasteiger partial charge in [-0.2, -0.15) is 0 Å². The second-order valence-electron chi connectivity index (χ2n) is 6.57. The maximum absolute atomic E-state index is 13.1. The van der Waals surface area contributed by atoms with Crippen molar-refractivity contribution in [2.24, 2.45) is 10.7 Å². The number of nitrogens with two attached hydrogens (primary N) is 1. The number of aliphatic imine (C=N–C) groups is 1. The molecule has 1 heterocycles. The Bertz CT molecular complexity index is 881. The van der Waals surface area contributed by atoms with Gasteiger partial charge in [0, 0.05) is 18.7 Å². The van der Waals surface area contributed by atoms with Crippen molar-refractivity contribution in [3.63, 3.8) is 0 Å². The third kappa shape index (κ3) is 4.85. The van der Waals surface area contributed by atoms with Crippen molar-refractivity contribution in [2.75, 3.05) is 5.32 Å². The number of benzene rings is 2. The average molecular weight is 384 g/mol. The first-order chi connectivity index (χ1) is 13.4. The van der Waals surface area contributed by atoms with Gasteiger partial charge in [0.05, 0.1) is 12.6 Å². The van der Waals surface area contributed by atoms with Gasteiger partial charge in [0.2, 0.25) is 5.91 Å². The largest absolute Gasteiger partial charge is 0.465 e. The minimum atomic E-state index is -1.12. The summed E-state index contributed by atoms with van der Waals surface area (Å²) in [4.78, 5) is 29.0. The Morgan fingerprint density at radius 2 is 1.82 bits per heavy atom. The van der Waals surface area contributed by atoms with Crippen LogP contribution in [0, 0.1) is 5.82 Å². The number of amidine groups is 1. The van der Waals surface area contributed by atoms with Gasteiger partial charge in [0.25, 0.3) is 0 Å². The van der Waals surface area contributed by atoms with Crippen molar-refractivity contribution in [1.29, 1.82) is 0 Å². The summed E-state index contributed by atoms with van der Waals surface area (Å²) in [5.74, 6) is 0.0518. The SMILES string of the molecule is NC(=NCc1ccc(NC(=O)O)cc1)[C@@H]1CCC(=O)N1Cc1ccc(F)cc1. The summed E-state index contributed by atoms with van der Waals surface area (Å²) >= 11 is 0. The maximum Gasteiger partial charge on any atom is 0.409 e. The number of hydrogen-bond donors (Lipinski definition) is 3. The fraction of sp³-hybridized carbons (Fsp3) is 0.250. The lowest BCUT2D eigenvalue weighted by molar-refractivity contribution is -0.128. The number of nitrogens with zero attached hydrogens (tertiary/aromatic N) is 2. The van der Waals surface area contributed by atoms with Gasteiger partial charge in [-0.15, -0.1) is 0 Å². The van der Waals surface area contributed by atoms with Crippen molar-refractivity contribution in [2.45, 2.75) is 32.0 Å². The zero-order chi connectivity index (χ0) is 20.1. The van der Waals surface area contributed by atoms with Gasteiger partial charge in [-0.25, -0.2) is 9.18 Å². The zero-order valence-electron chi connectivity index (χ0n) is 15.1. The summed E-state index contributed by atoms with van der Waals surface area (Å²) in [7, 11) is 0. The number of hydrogen-bond acceptors (Lipinski definition) is 3. The highest BCUT2D eigenvalue weighted by atomic mass is 19.1. The number of carboxylic acid groups (broad SMARTS) is 1. The Labute approximate surface area is 161 Å². The minimum absolute atomic E-state index is 0.00317. The molecule has 1 atom stereocenters. The molecular weight excluding hydrogens is 363 g/mol. The van der Waals surface area contributed by atoms with Gasteiger partial charge < -0.3 is 15.7 Å². The molecule has 0 bridgehead atoms. The first kappa shape index (κ1) is 19.3. The highest BCUT2D eigenvalue weighted by Crippen LogP contribution is 2.22. The average Bonchev–Trinajstić information content (AvgIpc) is 3.03. The van der Waals surface area contributed by atoms with Crippen LogP contribution in [0.25, 0.3) is 0 Å². The summed E-state index contributed by atoms with van der Waals surface area (Å²) in [6.07, 6.45) is -0.128. The van der Waals surface area contributed by atoms with Gasteiger partial charge in [-0.3, -0.25) is 15.1 Å². The van der Waals surface area contributed by atoms with Crippen LogP contribution in [-0.4, -0.2) is 33.9 Å². The van der Waals surface area contributed by atoms with Crippen LogP contribution in [0.2, 0.25) is 0 Å². The normalized spacial score (nSPS) is 17.0. The van der Waals surface area contributed by atoms with Crippen molar-refractivity contribution in [1.82, 2.24) is 4.90 Å². The Kier molecular flexibility index (Phi) is 5.88. The molecule has 2 amide bonds. The fourth-order valence-electron chi connectivity index (χ4n) is 3.13. The maximum atomic E-state index is 13.1. The molecule has 2 aromatic rings. The Morgan fingerprint density at radius 1 is 1.18 bits per heavy atom. The molecule has 1 aliphatic rings. The highest BCUT2D eigenvalue weighted by molar-refractivity contribution is 5.93. The van der Waals surface area contributed by atoms with E-state index >= 15 is 0 Å². The number of rotatable bonds is 6. The summed E-state index contributed by atoms with van der Waals surface area (Å²) in [6, 6.07) is 12.6. The smallest absolute Gasteiger partial charge is 0.409 e. The quantitative estimate of drug-likeness (QED) is 0.525. The van der Waals surface area contributed by atoms with Crippen molar-refractivity contribution in [3.8, 4) is 0 Å². The molecule has 0 unspecified atom stereocenters. The van der Waals surface area contributed by atoms with Crippen molar-refractivity contribution >= 4 is 23.5 Å². The molecule has 146 valence electrons. The number of nitrogens with one attached hydrogen (secondary N) is 1. The van der Waals surface area contributed by atoms with E-state index < -0.39 is 6.09 Å². The summed E-state index contributed by atoms with van der Waals surface area (Å²) in [5, 5.41) is 11.0. The Hall–Kier alpha value is -3.42. The van der Waals surface area contributed by atoms with Gasteiger partial charge >= 0.3 is 6.09 Å². The summed E-state index contributed by atoms with van der Waals surface area (Å²) in [5.41, 5.74) is 8.33. The van der Waals surface area contributed by atoms with Gasteiger partial charge in [0.15, 0.2) is 0 Å². The van der Waals surface area contributed by atoms with E-state index in [0.29, 0.717) is 37.5 Å². The molecule has 0 radical (unpaired) electrons. The van der Waals surface area contributed by atoms with Gasteiger partial charge in [-0.1, -0.05) is 24.3 Å². The highest BCUT2D eigenvalue weighted by Gasteiger charge is 2.33. The molecule has 3 rings (SSSR count). The second kappa shape index (κ2) is 8.51. The predicted octanol–water partition coefficient (Wildman–Crippen LogP) is 2.96. The van der Waals surface area contributed by atoms with Crippen LogP contribution in [0.15, 0.2) is 53.5 Å². The molecular formula is C20H21FN4O3. The predicted molar refractivity (Wildman–Crippen MR) is 103 cm³/mol. The molecule has 2 aromatic carbocycles. The molecule has 28 heavy (non-hydrogen) atoms. The van der Waals surface area contributed by atoms with Crippen LogP contribution < -0.4 is 11.1 Å². The van der Waals surface area contributed by atoms with E-state index in [9.17, 15) is 14.0 Å². The molecule has 4 N–H and O–H groups in total. The minimum Gasteiger partial charge on any atom is -0.465 e. The zero-order valence-corrected chi connectivity index (χ0v) is 15.1. The van der Waals surface area contributed by atoms with Crippen molar-refractivity contribution < 1.29 is 19.1 Å². The Morgan fingerprint density at radius 3 is 2.46 bits per heavy atom. The number of carbonyl (C=O) groups excluding carboxylic acids is 1. The van der Waals surface area contributed by atoms with Crippen LogP contribution >= 0.6 is 0 Å². The van der Waals surface area contributed by atoms with Crippen LogP contribution in [-0.2, 0) is 17.9 Å². The lowest BCUT2D eigenvalue weighted by Crippen LogP contribution is -2.42. The van der Waals surface area contributed by atoms with Crippen LogP contribution in [0.4, 0.5) is 14.9 Å². The number of likely N-dealkylation sites (tertiary alicyclic amines) is 1. The number of amides is 2. The number of carbonyl (C=O) groups is 2. The Balaban J connectivity index is 1.65. The molecule has 0 saturated carbocycles. The van der Waals surface area contributed by atoms with E-state index in [0.717, 1.165) is 11.1 Å². The monoisotopic (exact) mass is 384 g/mol. The van der Waals surface area contributed by atoms with Crippen LogP contribution in [0.5, 0.6) is 0 Å². The fourth-order valence-corrected chi connectivity index (χ4v) is 3.13. The standard InChI is InChI=1S/C20H21FN4O3/c21-15-5-1-14(2-6-15)12-25-17(9-10-18(25)26)19(22)23-11-13-3-7-16(8-4-13)24-20(27)28/h1-8,17,24H,9-12H2,(H2,22,23)(H,27,28)/t17-/m0/s1. The van der Waals surface area contributed by atoms with E-state index in [1.54, 1.807) is 41.3 Å². The molecule has 7 nitrogen and oxygen atoms in total. The van der Waals surface area contributed by atoms with E-state index in [1.807, 2.05) is 0 Å². The molecule has 0 aliphatic carbocycles. The van der Waals surface area contributed by atoms with E-state index in [1.165, 1.54) is 12.1 Å². The molecule has 0 spiro atoms. The van der Waals surface area contributed by atoms with E-state index in [4.69, 9.17) is 10.8 Å². The lowest BCUT2D eigenvalue weighted by atomic mass is 10.1. The lowest BCUT2D eigenvalue weighted by Gasteiger charge is -2.24. The molecule has 1 saturated heterocycles. The number of anilines is 1. The van der Waals surface area contributed by atoms with Gasteiger partial charge in [-0.05, 0) is 41.8 Å². The molecule has 8 heteroatoms. The van der Waals surface area contributed by atoms with E-state index in [2.05, 4.69) is 10.3 Å². The summed E-state index contributed by atoms with van der Waals surface area (Å²) < 4.78 is 13.1. The first-order valence-electron chi connectivity index (χ1n) is 8.85. The van der Waals surface area contributed by atoms with Crippen LogP contribution in [0.1, 0.15) is 24.0 Å². The first-order valence-corrected chi connectivity index (χ1v) is 8.85. The third-order valence-electron chi connectivity index (χ3n) is 4.59. The molecule has 0 aromatic heterocycles. The topological polar surface area (TPSA) is 108 Å². The summed E-state index contributed by atoms with van der Waals surface area (Å²) in [6.45, 7) is 0.684. The third-order valence-corrected chi connectivity index (χ3v) is 4.59. The molecule has 1 aliphatic heterocycles.